The summed E-state index contributed by atoms with van der Waals surface area (Å²) >= 11 is 0. The van der Waals surface area contributed by atoms with E-state index in [1.807, 2.05) is 53.1 Å². The van der Waals surface area contributed by atoms with Gasteiger partial charge in [0.25, 0.3) is 0 Å². The molecular weight excluding hydrogens is 326 g/mol. The minimum Gasteiger partial charge on any atom is -0.332 e. The summed E-state index contributed by atoms with van der Waals surface area (Å²) in [6, 6.07) is 17.2. The number of rotatable bonds is 2. The molecule has 1 aromatic heterocycles. The molecule has 0 N–H and O–H groups in total. The van der Waals surface area contributed by atoms with Crippen LogP contribution in [0.4, 0.5) is 0 Å². The van der Waals surface area contributed by atoms with Crippen LogP contribution in [-0.2, 0) is 6.54 Å². The first-order valence-corrected chi connectivity index (χ1v) is 8.67. The van der Waals surface area contributed by atoms with Crippen molar-refractivity contribution in [1.82, 2.24) is 4.57 Å². The van der Waals surface area contributed by atoms with E-state index in [9.17, 15) is 14.4 Å². The molecule has 0 atom stereocenters. The first kappa shape index (κ1) is 15.0. The maximum Gasteiger partial charge on any atom is 0.196 e. The maximum absolute atomic E-state index is 13.0. The van der Waals surface area contributed by atoms with Gasteiger partial charge >= 0.3 is 0 Å². The molecule has 3 aromatic rings. The van der Waals surface area contributed by atoms with E-state index in [1.165, 1.54) is 0 Å². The Kier molecular flexibility index (Phi) is 3.10. The van der Waals surface area contributed by atoms with E-state index in [2.05, 4.69) is 0 Å². The number of carbonyl (C=O) groups excluding carboxylic acids is 3. The third-order valence-electron chi connectivity index (χ3n) is 5.22. The fourth-order valence-electron chi connectivity index (χ4n) is 4.10. The van der Waals surface area contributed by atoms with Crippen LogP contribution in [0.1, 0.15) is 55.2 Å². The van der Waals surface area contributed by atoms with Gasteiger partial charge in [-0.1, -0.05) is 54.6 Å². The Morgan fingerprint density at radius 3 is 2.12 bits per heavy atom. The Labute approximate surface area is 150 Å². The van der Waals surface area contributed by atoms with Gasteiger partial charge in [0, 0.05) is 30.5 Å². The maximum atomic E-state index is 13.0. The van der Waals surface area contributed by atoms with Crippen molar-refractivity contribution < 1.29 is 14.4 Å². The molecule has 0 spiro atoms. The van der Waals surface area contributed by atoms with Gasteiger partial charge in [0.15, 0.2) is 17.3 Å². The molecule has 2 aromatic carbocycles. The van der Waals surface area contributed by atoms with Gasteiger partial charge in [0.1, 0.15) is 0 Å². The zero-order chi connectivity index (χ0) is 17.8. The van der Waals surface area contributed by atoms with Crippen molar-refractivity contribution in [2.24, 2.45) is 0 Å². The number of Topliss-reactive ketones (excluding diaryl/α,β-unsaturated/α-hetero) is 2. The predicted molar refractivity (Wildman–Crippen MR) is 96.7 cm³/mol. The highest BCUT2D eigenvalue weighted by Gasteiger charge is 2.41. The average molecular weight is 341 g/mol. The van der Waals surface area contributed by atoms with Crippen LogP contribution in [0.3, 0.4) is 0 Å². The molecular formula is C22H15NO3. The summed E-state index contributed by atoms with van der Waals surface area (Å²) in [7, 11) is 0. The molecule has 0 bridgehead atoms. The van der Waals surface area contributed by atoms with Crippen LogP contribution in [0.25, 0.3) is 11.3 Å². The second-order valence-corrected chi connectivity index (χ2v) is 6.74. The van der Waals surface area contributed by atoms with Crippen molar-refractivity contribution in [2.75, 3.05) is 0 Å². The predicted octanol–water partition coefficient (Wildman–Crippen LogP) is 3.91. The summed E-state index contributed by atoms with van der Waals surface area (Å²) in [5, 5.41) is 0. The second-order valence-electron chi connectivity index (χ2n) is 6.74. The first-order valence-electron chi connectivity index (χ1n) is 8.67. The number of ketones is 3. The molecule has 0 unspecified atom stereocenters. The van der Waals surface area contributed by atoms with Gasteiger partial charge in [0.2, 0.25) is 0 Å². The molecule has 5 rings (SSSR count). The highest BCUT2D eigenvalue weighted by Crippen LogP contribution is 2.43. The summed E-state index contributed by atoms with van der Waals surface area (Å²) in [6.07, 6.45) is 0.386. The average Bonchev–Trinajstić information content (AvgIpc) is 3.15. The number of hydrogen-bond donors (Lipinski definition) is 0. The van der Waals surface area contributed by atoms with Gasteiger partial charge in [-0.3, -0.25) is 14.4 Å². The van der Waals surface area contributed by atoms with Crippen LogP contribution in [0.5, 0.6) is 0 Å². The minimum absolute atomic E-state index is 0.0600. The van der Waals surface area contributed by atoms with Crippen LogP contribution in [0.2, 0.25) is 0 Å². The van der Waals surface area contributed by atoms with E-state index in [1.54, 1.807) is 6.07 Å². The number of hydrogen-bond acceptors (Lipinski definition) is 3. The number of aromatic nitrogens is 1. The van der Waals surface area contributed by atoms with Crippen LogP contribution in [-0.4, -0.2) is 21.9 Å². The van der Waals surface area contributed by atoms with Gasteiger partial charge in [-0.05, 0) is 5.56 Å². The lowest BCUT2D eigenvalue weighted by atomic mass is 9.91. The van der Waals surface area contributed by atoms with Crippen LogP contribution in [0, 0.1) is 0 Å². The molecule has 126 valence electrons. The lowest BCUT2D eigenvalue weighted by molar-refractivity contribution is 0.0882. The molecule has 26 heavy (non-hydrogen) atoms. The van der Waals surface area contributed by atoms with Crippen molar-refractivity contribution in [3.8, 4) is 11.3 Å². The van der Waals surface area contributed by atoms with Gasteiger partial charge in [0.05, 0.1) is 22.5 Å². The number of benzene rings is 2. The minimum atomic E-state index is -0.151. The van der Waals surface area contributed by atoms with Crippen molar-refractivity contribution in [3.63, 3.8) is 0 Å². The molecule has 4 heteroatoms. The quantitative estimate of drug-likeness (QED) is 0.555. The van der Waals surface area contributed by atoms with Gasteiger partial charge in [-0.15, -0.1) is 0 Å². The third kappa shape index (κ3) is 1.93. The second kappa shape index (κ2) is 5.36. The molecule has 2 aliphatic rings. The highest BCUT2D eigenvalue weighted by atomic mass is 16.1. The lowest BCUT2D eigenvalue weighted by Crippen LogP contribution is -2.21. The van der Waals surface area contributed by atoms with Gasteiger partial charge < -0.3 is 4.57 Å². The Morgan fingerprint density at radius 1 is 0.692 bits per heavy atom. The summed E-state index contributed by atoms with van der Waals surface area (Å²) < 4.78 is 1.88. The van der Waals surface area contributed by atoms with Crippen LogP contribution >= 0.6 is 0 Å². The number of nitrogens with zero attached hydrogens (tertiary/aromatic N) is 1. The van der Waals surface area contributed by atoms with Crippen molar-refractivity contribution in [3.05, 3.63) is 82.5 Å². The molecule has 0 aliphatic heterocycles. The zero-order valence-corrected chi connectivity index (χ0v) is 14.0. The number of fused-ring (bicyclic) bond motifs is 5. The Hall–Kier alpha value is -3.27. The Bertz CT molecular complexity index is 1110. The van der Waals surface area contributed by atoms with Gasteiger partial charge in [-0.25, -0.2) is 0 Å². The summed E-state index contributed by atoms with van der Waals surface area (Å²) in [4.78, 5) is 38.3. The molecule has 0 fully saturated rings. The van der Waals surface area contributed by atoms with Crippen LogP contribution < -0.4 is 0 Å². The fraction of sp³-hybridized carbons (Fsp3) is 0.136. The van der Waals surface area contributed by atoms with Crippen molar-refractivity contribution >= 4 is 17.3 Å². The molecule has 0 saturated carbocycles. The lowest BCUT2D eigenvalue weighted by Gasteiger charge is -2.16. The Balaban J connectivity index is 1.84. The van der Waals surface area contributed by atoms with E-state index < -0.39 is 0 Å². The van der Waals surface area contributed by atoms with E-state index in [0.29, 0.717) is 34.6 Å². The molecule has 4 nitrogen and oxygen atoms in total. The van der Waals surface area contributed by atoms with Crippen molar-refractivity contribution in [1.29, 1.82) is 0 Å². The van der Waals surface area contributed by atoms with Crippen molar-refractivity contribution in [2.45, 2.75) is 19.4 Å². The molecule has 0 saturated heterocycles. The Morgan fingerprint density at radius 2 is 1.35 bits per heavy atom. The van der Waals surface area contributed by atoms with E-state index in [4.69, 9.17) is 0 Å². The summed E-state index contributed by atoms with van der Waals surface area (Å²) in [6.45, 7) is 0.457. The van der Waals surface area contributed by atoms with E-state index >= 15 is 0 Å². The summed E-state index contributed by atoms with van der Waals surface area (Å²) in [5.41, 5.74) is 4.28. The summed E-state index contributed by atoms with van der Waals surface area (Å²) in [5.74, 6) is -0.319. The van der Waals surface area contributed by atoms with Gasteiger partial charge in [-0.2, -0.15) is 0 Å². The zero-order valence-electron chi connectivity index (χ0n) is 14.0. The number of carbonyl (C=O) groups is 3. The molecule has 2 aliphatic carbocycles. The topological polar surface area (TPSA) is 56.1 Å². The third-order valence-corrected chi connectivity index (χ3v) is 5.22. The fourth-order valence-corrected chi connectivity index (χ4v) is 4.10. The van der Waals surface area contributed by atoms with E-state index in [-0.39, 0.29) is 30.2 Å². The van der Waals surface area contributed by atoms with E-state index in [0.717, 1.165) is 11.1 Å². The SMILES string of the molecule is O=C1CCC(=O)c2c1c1c(n2Cc2ccccc2)-c2ccccc2C1=O. The molecule has 1 heterocycles. The smallest absolute Gasteiger partial charge is 0.196 e. The normalized spacial score (nSPS) is 15.0. The van der Waals surface area contributed by atoms with Crippen LogP contribution in [0.15, 0.2) is 54.6 Å². The monoisotopic (exact) mass is 341 g/mol. The first-order chi connectivity index (χ1) is 12.7. The molecule has 0 radical (unpaired) electrons. The standard InChI is InChI=1S/C22H15NO3/c24-16-10-11-17(25)21-18(16)19-20(14-8-4-5-9-15(14)22(19)26)23(21)12-13-6-2-1-3-7-13/h1-9H,10-12H2. The largest absolute Gasteiger partial charge is 0.332 e. The molecule has 0 amide bonds. The highest BCUT2D eigenvalue weighted by molar-refractivity contribution is 6.29.